The van der Waals surface area contributed by atoms with E-state index in [-0.39, 0.29) is 5.91 Å². The van der Waals surface area contributed by atoms with Crippen molar-refractivity contribution in [1.29, 1.82) is 5.26 Å². The summed E-state index contributed by atoms with van der Waals surface area (Å²) >= 11 is 5.11. The molecule has 1 heterocycles. The molecule has 0 bridgehead atoms. The molecule has 1 amide bonds. The van der Waals surface area contributed by atoms with Gasteiger partial charge >= 0.3 is 0 Å². The van der Waals surface area contributed by atoms with Gasteiger partial charge in [0.2, 0.25) is 0 Å². The molecule has 2 rings (SSSR count). The molecule has 0 saturated carbocycles. The van der Waals surface area contributed by atoms with Crippen molar-refractivity contribution >= 4 is 33.6 Å². The van der Waals surface area contributed by atoms with Crippen LogP contribution in [-0.2, 0) is 0 Å². The van der Waals surface area contributed by atoms with Crippen LogP contribution in [0.4, 0.5) is 0 Å². The highest BCUT2D eigenvalue weighted by molar-refractivity contribution is 9.10. The van der Waals surface area contributed by atoms with Crippen molar-refractivity contribution in [2.45, 2.75) is 18.9 Å². The first-order valence-corrected chi connectivity index (χ1v) is 7.59. The van der Waals surface area contributed by atoms with Crippen LogP contribution in [0.25, 0.3) is 0 Å². The Hall–Kier alpha value is -0.990. The van der Waals surface area contributed by atoms with E-state index in [9.17, 15) is 10.1 Å². The minimum absolute atomic E-state index is 0.181. The highest BCUT2D eigenvalue weighted by Crippen LogP contribution is 2.28. The highest BCUT2D eigenvalue weighted by atomic mass is 79.9. The number of nitriles is 1. The van der Waals surface area contributed by atoms with Crippen molar-refractivity contribution in [3.63, 3.8) is 0 Å². The molecule has 0 aromatic heterocycles. The number of carbonyl (C=O) groups is 1. The van der Waals surface area contributed by atoms with Crippen LogP contribution in [0.1, 0.15) is 22.3 Å². The molecular weight excluding hydrogens is 312 g/mol. The third kappa shape index (κ3) is 2.70. The van der Waals surface area contributed by atoms with Crippen LogP contribution in [-0.4, -0.2) is 23.0 Å². The van der Waals surface area contributed by atoms with E-state index in [0.29, 0.717) is 17.7 Å². The quantitative estimate of drug-likeness (QED) is 0.910. The van der Waals surface area contributed by atoms with Gasteiger partial charge in [0.05, 0.1) is 6.07 Å². The van der Waals surface area contributed by atoms with E-state index < -0.39 is 5.54 Å². The van der Waals surface area contributed by atoms with Crippen molar-refractivity contribution < 1.29 is 4.79 Å². The van der Waals surface area contributed by atoms with E-state index in [4.69, 9.17) is 0 Å². The minimum atomic E-state index is -0.695. The maximum Gasteiger partial charge on any atom is 0.252 e. The van der Waals surface area contributed by atoms with E-state index in [1.165, 1.54) is 0 Å². The van der Waals surface area contributed by atoms with Gasteiger partial charge in [0.15, 0.2) is 0 Å². The fourth-order valence-electron chi connectivity index (χ4n) is 1.80. The van der Waals surface area contributed by atoms with Gasteiger partial charge in [-0.15, -0.1) is 0 Å². The second-order valence-electron chi connectivity index (χ2n) is 4.41. The molecule has 0 spiro atoms. The molecule has 1 fully saturated rings. The molecule has 1 aliphatic heterocycles. The first kappa shape index (κ1) is 13.4. The lowest BCUT2D eigenvalue weighted by Crippen LogP contribution is -2.47. The van der Waals surface area contributed by atoms with Crippen LogP contribution in [0.2, 0.25) is 0 Å². The number of carbonyl (C=O) groups excluding carboxylic acids is 1. The summed E-state index contributed by atoms with van der Waals surface area (Å²) in [5.74, 6) is 1.41. The zero-order valence-corrected chi connectivity index (χ0v) is 12.4. The lowest BCUT2D eigenvalue weighted by Gasteiger charge is -2.21. The van der Waals surface area contributed by atoms with Gasteiger partial charge in [0.1, 0.15) is 5.54 Å². The van der Waals surface area contributed by atoms with Gasteiger partial charge in [-0.2, -0.15) is 17.0 Å². The fourth-order valence-corrected chi connectivity index (χ4v) is 3.45. The molecule has 1 aromatic carbocycles. The van der Waals surface area contributed by atoms with Crippen LogP contribution >= 0.6 is 27.7 Å². The Morgan fingerprint density at radius 1 is 1.61 bits per heavy atom. The summed E-state index contributed by atoms with van der Waals surface area (Å²) in [6, 6.07) is 7.70. The van der Waals surface area contributed by atoms with Gasteiger partial charge in [-0.3, -0.25) is 4.79 Å². The van der Waals surface area contributed by atoms with Gasteiger partial charge < -0.3 is 5.32 Å². The van der Waals surface area contributed by atoms with Gasteiger partial charge in [0, 0.05) is 15.8 Å². The minimum Gasteiger partial charge on any atom is -0.333 e. The average molecular weight is 325 g/mol. The highest BCUT2D eigenvalue weighted by Gasteiger charge is 2.36. The second-order valence-corrected chi connectivity index (χ2v) is 6.37. The number of benzene rings is 1. The summed E-state index contributed by atoms with van der Waals surface area (Å²) in [6.07, 6.45) is 0.715. The lowest BCUT2D eigenvalue weighted by atomic mass is 10.0. The molecule has 3 nitrogen and oxygen atoms in total. The van der Waals surface area contributed by atoms with E-state index in [2.05, 4.69) is 27.3 Å². The predicted octanol–water partition coefficient (Wildman–Crippen LogP) is 2.89. The van der Waals surface area contributed by atoms with Gasteiger partial charge in [-0.1, -0.05) is 22.0 Å². The summed E-state index contributed by atoms with van der Waals surface area (Å²) in [5.41, 5.74) is 0.969. The van der Waals surface area contributed by atoms with Crippen LogP contribution in [0.5, 0.6) is 0 Å². The average Bonchev–Trinajstić information content (AvgIpc) is 2.82. The third-order valence-electron chi connectivity index (χ3n) is 3.02. The Labute approximate surface area is 119 Å². The van der Waals surface area contributed by atoms with Crippen LogP contribution in [0.3, 0.4) is 0 Å². The Balaban J connectivity index is 2.17. The molecule has 1 saturated heterocycles. The molecule has 1 atom stereocenters. The number of hydrogen-bond acceptors (Lipinski definition) is 3. The number of nitrogens with one attached hydrogen (secondary N) is 1. The molecule has 0 unspecified atom stereocenters. The van der Waals surface area contributed by atoms with Gasteiger partial charge in [-0.05, 0) is 36.8 Å². The van der Waals surface area contributed by atoms with Crippen LogP contribution < -0.4 is 5.32 Å². The number of hydrogen-bond donors (Lipinski definition) is 1. The molecule has 1 aliphatic rings. The molecule has 1 aromatic rings. The summed E-state index contributed by atoms with van der Waals surface area (Å²) in [4.78, 5) is 12.1. The largest absolute Gasteiger partial charge is 0.333 e. The monoisotopic (exact) mass is 324 g/mol. The Morgan fingerprint density at radius 3 is 2.94 bits per heavy atom. The Morgan fingerprint density at radius 2 is 2.39 bits per heavy atom. The zero-order valence-electron chi connectivity index (χ0n) is 10.00. The molecule has 94 valence electrons. The van der Waals surface area contributed by atoms with Gasteiger partial charge in [-0.25, -0.2) is 0 Å². The molecule has 5 heteroatoms. The van der Waals surface area contributed by atoms with Crippen molar-refractivity contribution in [3.8, 4) is 6.07 Å². The summed E-state index contributed by atoms with van der Waals surface area (Å²) < 4.78 is 0.905. The number of aryl methyl sites for hydroxylation is 1. The standard InChI is InChI=1S/C13H13BrN2OS/c1-9-2-3-10(6-11(9)14)12(17)16-13(7-15)4-5-18-8-13/h2-3,6H,4-5,8H2,1H3,(H,16,17)/t13-/m0/s1. The van der Waals surface area contributed by atoms with Crippen LogP contribution in [0, 0.1) is 18.3 Å². The Kier molecular flexibility index (Phi) is 3.98. The zero-order chi connectivity index (χ0) is 13.2. The fraction of sp³-hybridized carbons (Fsp3) is 0.385. The SMILES string of the molecule is Cc1ccc(C(=O)N[C@]2(C#N)CCSC2)cc1Br. The molecule has 0 aliphatic carbocycles. The number of halogens is 1. The van der Waals surface area contributed by atoms with E-state index in [1.54, 1.807) is 23.9 Å². The summed E-state index contributed by atoms with van der Waals surface area (Å²) in [5, 5.41) is 12.1. The van der Waals surface area contributed by atoms with Crippen molar-refractivity contribution in [2.24, 2.45) is 0 Å². The molecule has 1 N–H and O–H groups in total. The van der Waals surface area contributed by atoms with Crippen LogP contribution in [0.15, 0.2) is 22.7 Å². The molecular formula is C13H13BrN2OS. The van der Waals surface area contributed by atoms with Crippen molar-refractivity contribution in [2.75, 3.05) is 11.5 Å². The number of amides is 1. The first-order chi connectivity index (χ1) is 8.56. The van der Waals surface area contributed by atoms with Crippen molar-refractivity contribution in [3.05, 3.63) is 33.8 Å². The van der Waals surface area contributed by atoms with Crippen molar-refractivity contribution in [1.82, 2.24) is 5.32 Å². The second kappa shape index (κ2) is 5.33. The van der Waals surface area contributed by atoms with Gasteiger partial charge in [0.25, 0.3) is 5.91 Å². The number of rotatable bonds is 2. The normalized spacial score (nSPS) is 22.5. The summed E-state index contributed by atoms with van der Waals surface area (Å²) in [6.45, 7) is 1.97. The third-order valence-corrected chi connectivity index (χ3v) is 5.07. The molecule has 0 radical (unpaired) electrons. The predicted molar refractivity (Wildman–Crippen MR) is 76.6 cm³/mol. The number of thioether (sulfide) groups is 1. The van der Waals surface area contributed by atoms with E-state index in [0.717, 1.165) is 15.8 Å². The topological polar surface area (TPSA) is 52.9 Å². The summed E-state index contributed by atoms with van der Waals surface area (Å²) in [7, 11) is 0. The first-order valence-electron chi connectivity index (χ1n) is 5.64. The number of nitrogens with zero attached hydrogens (tertiary/aromatic N) is 1. The maximum atomic E-state index is 12.1. The maximum absolute atomic E-state index is 12.1. The lowest BCUT2D eigenvalue weighted by molar-refractivity contribution is 0.0926. The molecule has 18 heavy (non-hydrogen) atoms. The van der Waals surface area contributed by atoms with E-state index in [1.807, 2.05) is 13.0 Å². The van der Waals surface area contributed by atoms with E-state index >= 15 is 0 Å². The Bertz CT molecular complexity index is 518. The smallest absolute Gasteiger partial charge is 0.252 e.